The van der Waals surface area contributed by atoms with Crippen LogP contribution in [0.1, 0.15) is 34.5 Å². The number of aryl methyl sites for hydroxylation is 1. The first-order chi connectivity index (χ1) is 18.1. The van der Waals surface area contributed by atoms with Crippen LogP contribution in [0.2, 0.25) is 0 Å². The molecule has 0 radical (unpaired) electrons. The number of carbonyl (C=O) groups is 2. The van der Waals surface area contributed by atoms with Crippen molar-refractivity contribution in [2.75, 3.05) is 12.8 Å². The first kappa shape index (κ1) is 25.4. The van der Waals surface area contributed by atoms with Gasteiger partial charge in [0.2, 0.25) is 0 Å². The number of nitrogens with two attached hydrogens (primary N) is 1. The molecule has 2 unspecified atom stereocenters. The molecule has 1 saturated carbocycles. The van der Waals surface area contributed by atoms with Crippen LogP contribution in [0.3, 0.4) is 0 Å². The number of aromatic nitrogens is 4. The minimum atomic E-state index is -4.52. The van der Waals surface area contributed by atoms with E-state index in [4.69, 9.17) is 10.5 Å². The Labute approximate surface area is 214 Å². The van der Waals surface area contributed by atoms with Gasteiger partial charge >= 0.3 is 6.18 Å². The lowest BCUT2D eigenvalue weighted by Gasteiger charge is -2.45. The molecule has 10 nitrogen and oxygen atoms in total. The molecule has 1 amide bonds. The normalized spacial score (nSPS) is 17.5. The molecule has 38 heavy (non-hydrogen) atoms. The van der Waals surface area contributed by atoms with E-state index in [0.717, 1.165) is 12.3 Å². The average molecular weight is 528 g/mol. The lowest BCUT2D eigenvalue weighted by molar-refractivity contribution is -0.153. The summed E-state index contributed by atoms with van der Waals surface area (Å²) in [6, 6.07) is 6.86. The highest BCUT2D eigenvalue weighted by Crippen LogP contribution is 2.32. The van der Waals surface area contributed by atoms with Crippen LogP contribution in [-0.4, -0.2) is 61.3 Å². The van der Waals surface area contributed by atoms with Gasteiger partial charge in [0, 0.05) is 31.2 Å². The van der Waals surface area contributed by atoms with Gasteiger partial charge in [-0.05, 0) is 43.2 Å². The van der Waals surface area contributed by atoms with Crippen molar-refractivity contribution in [3.63, 3.8) is 0 Å². The quantitative estimate of drug-likeness (QED) is 0.287. The lowest BCUT2D eigenvalue weighted by atomic mass is 9.88. The third-order valence-corrected chi connectivity index (χ3v) is 6.92. The lowest BCUT2D eigenvalue weighted by Crippen LogP contribution is -2.57. The molecule has 1 aromatic carbocycles. The van der Waals surface area contributed by atoms with Gasteiger partial charge in [0.15, 0.2) is 0 Å². The van der Waals surface area contributed by atoms with Gasteiger partial charge in [-0.25, -0.2) is 9.99 Å². The summed E-state index contributed by atoms with van der Waals surface area (Å²) >= 11 is 0. The van der Waals surface area contributed by atoms with Gasteiger partial charge in [-0.1, -0.05) is 0 Å². The number of halogens is 3. The Kier molecular flexibility index (Phi) is 6.39. The molecule has 2 N–H and O–H groups in total. The highest BCUT2D eigenvalue weighted by atomic mass is 19.4. The van der Waals surface area contributed by atoms with Crippen LogP contribution in [0.15, 0.2) is 42.7 Å². The number of anilines is 1. The topological polar surface area (TPSA) is 119 Å². The molecule has 0 aliphatic heterocycles. The van der Waals surface area contributed by atoms with E-state index >= 15 is 0 Å². The number of pyridine rings is 2. The second kappa shape index (κ2) is 9.56. The summed E-state index contributed by atoms with van der Waals surface area (Å²) in [5.74, 6) is -0.0967. The number of hydrazine groups is 1. The third kappa shape index (κ3) is 4.49. The van der Waals surface area contributed by atoms with Crippen molar-refractivity contribution in [2.45, 2.75) is 37.7 Å². The maximum absolute atomic E-state index is 13.9. The maximum atomic E-state index is 13.9. The van der Waals surface area contributed by atoms with Crippen LogP contribution >= 0.6 is 0 Å². The standard InChI is InChI=1S/C25H24F3N7O3/c1-33-22-17-9-14(3-6-19(17)32-23(29)18(22)11-31-33)24(37)35(34(2)20-7-8-21(20)38-13-36)12-16-5-4-15(10-30-16)25(26,27)28/h3-6,9-11,13,20-21H,7-8,12H2,1-2H3,(H2,29,32). The first-order valence-corrected chi connectivity index (χ1v) is 11.7. The van der Waals surface area contributed by atoms with Crippen LogP contribution in [0.4, 0.5) is 19.0 Å². The summed E-state index contributed by atoms with van der Waals surface area (Å²) in [5.41, 5.74) is 7.07. The minimum Gasteiger partial charge on any atom is -0.463 e. The first-order valence-electron chi connectivity index (χ1n) is 11.7. The number of amides is 1. The number of ether oxygens (including phenoxy) is 1. The van der Waals surface area contributed by atoms with E-state index in [0.29, 0.717) is 52.5 Å². The summed E-state index contributed by atoms with van der Waals surface area (Å²) < 4.78 is 45.9. The summed E-state index contributed by atoms with van der Waals surface area (Å²) in [6.45, 7) is 0.270. The summed E-state index contributed by atoms with van der Waals surface area (Å²) in [5, 5.41) is 8.62. The van der Waals surface area contributed by atoms with Crippen molar-refractivity contribution < 1.29 is 27.5 Å². The predicted molar refractivity (Wildman–Crippen MR) is 131 cm³/mol. The molecule has 0 bridgehead atoms. The minimum absolute atomic E-state index is 0.100. The van der Waals surface area contributed by atoms with Gasteiger partial charge in [-0.15, -0.1) is 0 Å². The Morgan fingerprint density at radius 2 is 2.00 bits per heavy atom. The van der Waals surface area contributed by atoms with Crippen molar-refractivity contribution in [3.8, 4) is 0 Å². The fourth-order valence-electron chi connectivity index (χ4n) is 4.69. The molecule has 4 aromatic rings. The van der Waals surface area contributed by atoms with Crippen LogP contribution in [0, 0.1) is 0 Å². The van der Waals surface area contributed by atoms with Crippen molar-refractivity contribution >= 4 is 40.0 Å². The molecule has 0 saturated heterocycles. The van der Waals surface area contributed by atoms with E-state index in [1.54, 1.807) is 48.2 Å². The van der Waals surface area contributed by atoms with Crippen molar-refractivity contribution in [1.29, 1.82) is 0 Å². The largest absolute Gasteiger partial charge is 0.463 e. The molecule has 1 aliphatic rings. The van der Waals surface area contributed by atoms with E-state index in [-0.39, 0.29) is 18.3 Å². The maximum Gasteiger partial charge on any atom is 0.417 e. The number of likely N-dealkylation sites (N-methyl/N-ethyl adjacent to an activating group) is 1. The molecule has 2 atom stereocenters. The monoisotopic (exact) mass is 527 g/mol. The van der Waals surface area contributed by atoms with Crippen LogP contribution in [-0.2, 0) is 29.3 Å². The number of alkyl halides is 3. The predicted octanol–water partition coefficient (Wildman–Crippen LogP) is 3.31. The number of hydrogen-bond acceptors (Lipinski definition) is 8. The van der Waals surface area contributed by atoms with E-state index in [9.17, 15) is 22.8 Å². The van der Waals surface area contributed by atoms with Gasteiger partial charge in [0.25, 0.3) is 12.4 Å². The number of nitrogens with zero attached hydrogens (tertiary/aromatic N) is 6. The Morgan fingerprint density at radius 1 is 1.21 bits per heavy atom. The van der Waals surface area contributed by atoms with E-state index < -0.39 is 23.8 Å². The highest BCUT2D eigenvalue weighted by molar-refractivity contribution is 6.10. The van der Waals surface area contributed by atoms with Crippen LogP contribution in [0.5, 0.6) is 0 Å². The zero-order valence-electron chi connectivity index (χ0n) is 20.5. The fraction of sp³-hybridized carbons (Fsp3) is 0.320. The van der Waals surface area contributed by atoms with Gasteiger partial charge in [0.05, 0.1) is 46.5 Å². The van der Waals surface area contributed by atoms with Crippen LogP contribution < -0.4 is 5.73 Å². The molecular weight excluding hydrogens is 503 g/mol. The molecule has 1 aliphatic carbocycles. The summed E-state index contributed by atoms with van der Waals surface area (Å²) in [4.78, 5) is 33.2. The Balaban J connectivity index is 1.53. The molecule has 5 rings (SSSR count). The Hall–Kier alpha value is -4.26. The Bertz CT molecular complexity index is 1520. The smallest absolute Gasteiger partial charge is 0.417 e. The number of fused-ring (bicyclic) bond motifs is 3. The fourth-order valence-corrected chi connectivity index (χ4v) is 4.69. The van der Waals surface area contributed by atoms with Crippen molar-refractivity contribution in [1.82, 2.24) is 29.8 Å². The van der Waals surface area contributed by atoms with Gasteiger partial charge in [-0.2, -0.15) is 18.3 Å². The molecule has 13 heteroatoms. The molecule has 198 valence electrons. The van der Waals surface area contributed by atoms with Crippen LogP contribution in [0.25, 0.3) is 21.8 Å². The third-order valence-electron chi connectivity index (χ3n) is 6.92. The molecule has 0 spiro atoms. The SMILES string of the molecule is CN(C1CCC1OC=O)N(Cc1ccc(C(F)(F)F)cn1)C(=O)c1ccc2nc(N)c3cnn(C)c3c2c1. The number of nitrogen functional groups attached to an aromatic ring is 1. The van der Waals surface area contributed by atoms with Gasteiger partial charge in [0.1, 0.15) is 11.9 Å². The Morgan fingerprint density at radius 3 is 2.63 bits per heavy atom. The highest BCUT2D eigenvalue weighted by Gasteiger charge is 2.40. The van der Waals surface area contributed by atoms with Crippen molar-refractivity contribution in [3.05, 3.63) is 59.5 Å². The summed E-state index contributed by atoms with van der Waals surface area (Å²) in [6.07, 6.45) is -1.29. The zero-order chi connectivity index (χ0) is 27.2. The molecular formula is C25H24F3N7O3. The number of benzene rings is 1. The second-order valence-corrected chi connectivity index (χ2v) is 9.15. The molecule has 3 aromatic heterocycles. The van der Waals surface area contributed by atoms with Gasteiger partial charge in [-0.3, -0.25) is 24.3 Å². The average Bonchev–Trinajstić information content (AvgIpc) is 3.26. The zero-order valence-corrected chi connectivity index (χ0v) is 20.5. The van der Waals surface area contributed by atoms with E-state index in [2.05, 4.69) is 15.1 Å². The van der Waals surface area contributed by atoms with E-state index in [1.807, 2.05) is 0 Å². The number of rotatable bonds is 7. The number of hydrogen-bond donors (Lipinski definition) is 1. The van der Waals surface area contributed by atoms with E-state index in [1.165, 1.54) is 11.1 Å². The molecule has 1 fully saturated rings. The van der Waals surface area contributed by atoms with Gasteiger partial charge < -0.3 is 10.5 Å². The number of carbonyl (C=O) groups excluding carboxylic acids is 2. The summed E-state index contributed by atoms with van der Waals surface area (Å²) in [7, 11) is 3.44. The van der Waals surface area contributed by atoms with Crippen molar-refractivity contribution in [2.24, 2.45) is 7.05 Å². The second-order valence-electron chi connectivity index (χ2n) is 9.15. The molecule has 3 heterocycles.